The summed E-state index contributed by atoms with van der Waals surface area (Å²) < 4.78 is 10.8. The van der Waals surface area contributed by atoms with Gasteiger partial charge in [-0.1, -0.05) is 12.0 Å². The van der Waals surface area contributed by atoms with Gasteiger partial charge < -0.3 is 9.47 Å². The minimum absolute atomic E-state index is 0.191. The van der Waals surface area contributed by atoms with Crippen LogP contribution in [0.2, 0.25) is 0 Å². The molecule has 0 radical (unpaired) electrons. The van der Waals surface area contributed by atoms with Crippen molar-refractivity contribution < 1.29 is 9.47 Å². The number of hydrogen-bond acceptors (Lipinski definition) is 4. The summed E-state index contributed by atoms with van der Waals surface area (Å²) in [5.41, 5.74) is 0.373. The van der Waals surface area contributed by atoms with Crippen LogP contribution in [0.1, 0.15) is 5.56 Å². The fourth-order valence-corrected chi connectivity index (χ4v) is 1.42. The molecule has 2 aromatic rings. The Morgan fingerprint density at radius 2 is 2.05 bits per heavy atom. The van der Waals surface area contributed by atoms with E-state index in [9.17, 15) is 0 Å². The van der Waals surface area contributed by atoms with Gasteiger partial charge in [-0.05, 0) is 24.3 Å². The van der Waals surface area contributed by atoms with Crippen molar-refractivity contribution in [3.05, 3.63) is 48.2 Å². The normalized spacial score (nSPS) is 9.16. The lowest BCUT2D eigenvalue weighted by atomic mass is 10.3. The lowest BCUT2D eigenvalue weighted by Crippen LogP contribution is -1.95. The zero-order valence-electron chi connectivity index (χ0n) is 10.0. The predicted octanol–water partition coefficient (Wildman–Crippen LogP) is 2.76. The van der Waals surface area contributed by atoms with Gasteiger partial charge in [0.1, 0.15) is 29.7 Å². The number of benzene rings is 1. The van der Waals surface area contributed by atoms with Gasteiger partial charge in [-0.25, -0.2) is 4.98 Å². The number of nitriles is 1. The van der Waals surface area contributed by atoms with Crippen LogP contribution in [-0.4, -0.2) is 11.6 Å². The first kappa shape index (κ1) is 12.5. The maximum atomic E-state index is 8.95. The first-order chi connectivity index (χ1) is 9.33. The van der Waals surface area contributed by atoms with Crippen LogP contribution in [0.3, 0.4) is 0 Å². The average Bonchev–Trinajstić information content (AvgIpc) is 2.46. The van der Waals surface area contributed by atoms with Gasteiger partial charge in [-0.3, -0.25) is 0 Å². The van der Waals surface area contributed by atoms with E-state index in [0.29, 0.717) is 17.1 Å². The molecule has 0 aliphatic rings. The van der Waals surface area contributed by atoms with Gasteiger partial charge in [0.2, 0.25) is 5.88 Å². The summed E-state index contributed by atoms with van der Waals surface area (Å²) in [6.45, 7) is 0.191. The molecular weight excluding hydrogens is 240 g/mol. The molecule has 0 aliphatic carbocycles. The largest absolute Gasteiger partial charge is 0.481 e. The van der Waals surface area contributed by atoms with E-state index in [4.69, 9.17) is 21.2 Å². The van der Waals surface area contributed by atoms with Crippen LogP contribution in [0.15, 0.2) is 42.6 Å². The number of aromatic nitrogens is 1. The molecule has 0 saturated carbocycles. The third-order valence-corrected chi connectivity index (χ3v) is 2.23. The van der Waals surface area contributed by atoms with Gasteiger partial charge in [0, 0.05) is 12.3 Å². The molecule has 0 saturated heterocycles. The molecule has 0 aliphatic heterocycles. The van der Waals surface area contributed by atoms with Crippen LogP contribution in [0.25, 0.3) is 0 Å². The SMILES string of the molecule is C#CCOc1cccc(Oc2ncccc2C#N)c1. The summed E-state index contributed by atoms with van der Waals surface area (Å²) in [4.78, 5) is 4.02. The third-order valence-electron chi connectivity index (χ3n) is 2.23. The van der Waals surface area contributed by atoms with Crippen LogP contribution in [0, 0.1) is 23.7 Å². The summed E-state index contributed by atoms with van der Waals surface area (Å²) in [7, 11) is 0. The summed E-state index contributed by atoms with van der Waals surface area (Å²) in [5, 5.41) is 8.95. The highest BCUT2D eigenvalue weighted by Crippen LogP contribution is 2.25. The van der Waals surface area contributed by atoms with Crippen molar-refractivity contribution in [3.63, 3.8) is 0 Å². The van der Waals surface area contributed by atoms with E-state index in [0.717, 1.165) is 0 Å². The highest BCUT2D eigenvalue weighted by molar-refractivity contribution is 5.41. The molecule has 0 N–H and O–H groups in total. The summed E-state index contributed by atoms with van der Waals surface area (Å²) in [5.74, 6) is 3.78. The number of pyridine rings is 1. The molecule has 0 amide bonds. The first-order valence-corrected chi connectivity index (χ1v) is 5.53. The average molecular weight is 250 g/mol. The number of rotatable bonds is 4. The highest BCUT2D eigenvalue weighted by atomic mass is 16.5. The predicted molar refractivity (Wildman–Crippen MR) is 69.8 cm³/mol. The van der Waals surface area contributed by atoms with Crippen molar-refractivity contribution in [2.45, 2.75) is 0 Å². The van der Waals surface area contributed by atoms with E-state index in [-0.39, 0.29) is 12.5 Å². The maximum absolute atomic E-state index is 8.95. The second-order valence-corrected chi connectivity index (χ2v) is 3.54. The van der Waals surface area contributed by atoms with Crippen molar-refractivity contribution in [2.24, 2.45) is 0 Å². The monoisotopic (exact) mass is 250 g/mol. The fraction of sp³-hybridized carbons (Fsp3) is 0.0667. The highest BCUT2D eigenvalue weighted by Gasteiger charge is 2.05. The molecule has 0 atom stereocenters. The van der Waals surface area contributed by atoms with Crippen molar-refractivity contribution in [1.29, 1.82) is 5.26 Å². The Morgan fingerprint density at radius 1 is 1.21 bits per heavy atom. The molecule has 1 heterocycles. The van der Waals surface area contributed by atoms with Gasteiger partial charge in [0.05, 0.1) is 0 Å². The second-order valence-electron chi connectivity index (χ2n) is 3.54. The zero-order valence-corrected chi connectivity index (χ0v) is 10.0. The van der Waals surface area contributed by atoms with Gasteiger partial charge >= 0.3 is 0 Å². The van der Waals surface area contributed by atoms with Crippen molar-refractivity contribution in [1.82, 2.24) is 4.98 Å². The second kappa shape index (κ2) is 6.09. The number of ether oxygens (including phenoxy) is 2. The Kier molecular flexibility index (Phi) is 4.00. The lowest BCUT2D eigenvalue weighted by Gasteiger charge is -2.07. The van der Waals surface area contributed by atoms with E-state index in [1.807, 2.05) is 6.07 Å². The molecule has 0 bridgehead atoms. The Hall–Kier alpha value is -2.98. The van der Waals surface area contributed by atoms with Crippen LogP contribution in [-0.2, 0) is 0 Å². The molecule has 4 nitrogen and oxygen atoms in total. The fourth-order valence-electron chi connectivity index (χ4n) is 1.42. The standard InChI is InChI=1S/C15H10N2O2/c1-2-9-18-13-6-3-7-14(10-13)19-15-12(11-16)5-4-8-17-15/h1,3-8,10H,9H2. The number of nitrogens with zero attached hydrogens (tertiary/aromatic N) is 2. The molecule has 2 rings (SSSR count). The van der Waals surface area contributed by atoms with Crippen molar-refractivity contribution in [2.75, 3.05) is 6.61 Å². The number of hydrogen-bond donors (Lipinski definition) is 0. The van der Waals surface area contributed by atoms with Gasteiger partial charge in [0.25, 0.3) is 0 Å². The summed E-state index contributed by atoms with van der Waals surface area (Å²) >= 11 is 0. The van der Waals surface area contributed by atoms with E-state index >= 15 is 0 Å². The molecule has 0 fully saturated rings. The minimum Gasteiger partial charge on any atom is -0.481 e. The number of terminal acetylenes is 1. The van der Waals surface area contributed by atoms with Gasteiger partial charge in [-0.15, -0.1) is 6.42 Å². The van der Waals surface area contributed by atoms with Gasteiger partial charge in [0.15, 0.2) is 0 Å². The maximum Gasteiger partial charge on any atom is 0.237 e. The van der Waals surface area contributed by atoms with Crippen LogP contribution in [0.4, 0.5) is 0 Å². The molecule has 92 valence electrons. The van der Waals surface area contributed by atoms with Crippen LogP contribution in [0.5, 0.6) is 17.4 Å². The van der Waals surface area contributed by atoms with Crippen molar-refractivity contribution in [3.8, 4) is 35.8 Å². The Bertz CT molecular complexity index is 654. The van der Waals surface area contributed by atoms with Crippen LogP contribution >= 0.6 is 0 Å². The molecule has 0 unspecified atom stereocenters. The topological polar surface area (TPSA) is 55.1 Å². The van der Waals surface area contributed by atoms with E-state index < -0.39 is 0 Å². The summed E-state index contributed by atoms with van der Waals surface area (Å²) in [6, 6.07) is 12.3. The lowest BCUT2D eigenvalue weighted by molar-refractivity contribution is 0.367. The summed E-state index contributed by atoms with van der Waals surface area (Å²) in [6.07, 6.45) is 6.69. The van der Waals surface area contributed by atoms with Crippen molar-refractivity contribution >= 4 is 0 Å². The molecule has 4 heteroatoms. The van der Waals surface area contributed by atoms with Gasteiger partial charge in [-0.2, -0.15) is 5.26 Å². The smallest absolute Gasteiger partial charge is 0.237 e. The Labute approximate surface area is 111 Å². The Morgan fingerprint density at radius 3 is 2.84 bits per heavy atom. The molecular formula is C15H10N2O2. The first-order valence-electron chi connectivity index (χ1n) is 5.53. The third kappa shape index (κ3) is 3.24. The van der Waals surface area contributed by atoms with E-state index in [2.05, 4.69) is 10.9 Å². The molecule has 19 heavy (non-hydrogen) atoms. The molecule has 1 aromatic heterocycles. The quantitative estimate of drug-likeness (QED) is 0.783. The minimum atomic E-state index is 0.191. The van der Waals surface area contributed by atoms with E-state index in [1.165, 1.54) is 0 Å². The molecule has 0 spiro atoms. The molecule has 1 aromatic carbocycles. The van der Waals surface area contributed by atoms with E-state index in [1.54, 1.807) is 42.6 Å². The Balaban J connectivity index is 2.20. The zero-order chi connectivity index (χ0) is 13.5. The van der Waals surface area contributed by atoms with Crippen LogP contribution < -0.4 is 9.47 Å².